The zero-order chi connectivity index (χ0) is 18.9. The van der Waals surface area contributed by atoms with E-state index in [4.69, 9.17) is 4.74 Å². The first-order valence-corrected chi connectivity index (χ1v) is 9.08. The SMILES string of the molecule is COCCNC(=O)c1cccc(NC(=O)CN2CCCN(C)CC2)c1C. The highest BCUT2D eigenvalue weighted by Crippen LogP contribution is 2.19. The van der Waals surface area contributed by atoms with Crippen molar-refractivity contribution < 1.29 is 14.3 Å². The smallest absolute Gasteiger partial charge is 0.251 e. The van der Waals surface area contributed by atoms with Crippen LogP contribution in [0.15, 0.2) is 18.2 Å². The van der Waals surface area contributed by atoms with Crippen molar-refractivity contribution in [3.63, 3.8) is 0 Å². The molecule has 2 amide bonds. The highest BCUT2D eigenvalue weighted by molar-refractivity contribution is 5.99. The average molecular weight is 362 g/mol. The van der Waals surface area contributed by atoms with E-state index < -0.39 is 0 Å². The number of hydrogen-bond acceptors (Lipinski definition) is 5. The summed E-state index contributed by atoms with van der Waals surface area (Å²) in [6, 6.07) is 5.38. The Hall–Kier alpha value is -1.96. The highest BCUT2D eigenvalue weighted by atomic mass is 16.5. The summed E-state index contributed by atoms with van der Waals surface area (Å²) >= 11 is 0. The molecule has 0 aromatic heterocycles. The molecule has 1 fully saturated rings. The molecule has 0 radical (unpaired) electrons. The molecule has 1 aliphatic rings. The summed E-state index contributed by atoms with van der Waals surface area (Å²) in [6.07, 6.45) is 1.07. The van der Waals surface area contributed by atoms with Gasteiger partial charge in [-0.3, -0.25) is 14.5 Å². The van der Waals surface area contributed by atoms with E-state index in [1.807, 2.05) is 13.0 Å². The Morgan fingerprint density at radius 1 is 1.19 bits per heavy atom. The standard InChI is InChI=1S/C19H30N4O3/c1-15-16(19(25)20-8-13-26-3)6-4-7-17(15)21-18(24)14-23-10-5-9-22(2)11-12-23/h4,6-7H,5,8-14H2,1-3H3,(H,20,25)(H,21,24). The van der Waals surface area contributed by atoms with Gasteiger partial charge in [-0.1, -0.05) is 6.07 Å². The lowest BCUT2D eigenvalue weighted by Crippen LogP contribution is -2.36. The van der Waals surface area contributed by atoms with Crippen LogP contribution in [0, 0.1) is 6.92 Å². The van der Waals surface area contributed by atoms with Crippen LogP contribution in [-0.4, -0.2) is 81.6 Å². The molecular formula is C19H30N4O3. The average Bonchev–Trinajstić information content (AvgIpc) is 2.81. The fourth-order valence-corrected chi connectivity index (χ4v) is 3.03. The van der Waals surface area contributed by atoms with Gasteiger partial charge in [0.2, 0.25) is 5.91 Å². The van der Waals surface area contributed by atoms with Crippen molar-refractivity contribution in [2.75, 3.05) is 65.3 Å². The van der Waals surface area contributed by atoms with Gasteiger partial charge in [0.1, 0.15) is 0 Å². The van der Waals surface area contributed by atoms with Crippen molar-refractivity contribution >= 4 is 17.5 Å². The van der Waals surface area contributed by atoms with E-state index in [1.165, 1.54) is 0 Å². The van der Waals surface area contributed by atoms with Gasteiger partial charge < -0.3 is 20.3 Å². The fourth-order valence-electron chi connectivity index (χ4n) is 3.03. The maximum Gasteiger partial charge on any atom is 0.251 e. The van der Waals surface area contributed by atoms with Gasteiger partial charge in [-0.15, -0.1) is 0 Å². The van der Waals surface area contributed by atoms with Crippen molar-refractivity contribution in [1.29, 1.82) is 0 Å². The van der Waals surface area contributed by atoms with E-state index in [2.05, 4.69) is 27.5 Å². The van der Waals surface area contributed by atoms with Gasteiger partial charge in [0.05, 0.1) is 13.2 Å². The Morgan fingerprint density at radius 2 is 2.00 bits per heavy atom. The van der Waals surface area contributed by atoms with Crippen LogP contribution in [0.3, 0.4) is 0 Å². The molecule has 0 saturated carbocycles. The quantitative estimate of drug-likeness (QED) is 0.707. The third-order valence-corrected chi connectivity index (χ3v) is 4.62. The highest BCUT2D eigenvalue weighted by Gasteiger charge is 2.17. The first-order chi connectivity index (χ1) is 12.5. The number of methoxy groups -OCH3 is 1. The van der Waals surface area contributed by atoms with E-state index in [9.17, 15) is 9.59 Å². The molecule has 144 valence electrons. The predicted molar refractivity (Wildman–Crippen MR) is 103 cm³/mol. The van der Waals surface area contributed by atoms with E-state index >= 15 is 0 Å². The second-order valence-corrected chi connectivity index (χ2v) is 6.71. The van der Waals surface area contributed by atoms with E-state index in [0.29, 0.717) is 30.9 Å². The van der Waals surface area contributed by atoms with Gasteiger partial charge >= 0.3 is 0 Å². The van der Waals surface area contributed by atoms with E-state index in [-0.39, 0.29) is 11.8 Å². The number of anilines is 1. The Labute approximate surface area is 155 Å². The minimum Gasteiger partial charge on any atom is -0.383 e. The molecular weight excluding hydrogens is 332 g/mol. The third kappa shape index (κ3) is 6.09. The first-order valence-electron chi connectivity index (χ1n) is 9.08. The molecule has 2 rings (SSSR count). The molecule has 26 heavy (non-hydrogen) atoms. The van der Waals surface area contributed by atoms with Crippen molar-refractivity contribution in [1.82, 2.24) is 15.1 Å². The van der Waals surface area contributed by atoms with Crippen LogP contribution in [0.4, 0.5) is 5.69 Å². The molecule has 1 aromatic rings. The number of nitrogens with one attached hydrogen (secondary N) is 2. The Balaban J connectivity index is 1.95. The molecule has 1 aromatic carbocycles. The van der Waals surface area contributed by atoms with Crippen LogP contribution >= 0.6 is 0 Å². The molecule has 0 aliphatic carbocycles. The van der Waals surface area contributed by atoms with Crippen molar-refractivity contribution in [3.8, 4) is 0 Å². The number of ether oxygens (including phenoxy) is 1. The fraction of sp³-hybridized carbons (Fsp3) is 0.579. The molecule has 1 heterocycles. The molecule has 1 saturated heterocycles. The van der Waals surface area contributed by atoms with Crippen LogP contribution in [0.1, 0.15) is 22.3 Å². The van der Waals surface area contributed by atoms with Crippen LogP contribution in [0.5, 0.6) is 0 Å². The first kappa shape index (κ1) is 20.4. The minimum atomic E-state index is -0.161. The van der Waals surface area contributed by atoms with E-state index in [0.717, 1.165) is 38.2 Å². The number of carbonyl (C=O) groups excluding carboxylic acids is 2. The number of benzene rings is 1. The Bertz CT molecular complexity index is 621. The number of rotatable bonds is 7. The molecule has 7 heteroatoms. The Kier molecular flexibility index (Phi) is 8.03. The number of amides is 2. The number of nitrogens with zero attached hydrogens (tertiary/aromatic N) is 2. The lowest BCUT2D eigenvalue weighted by atomic mass is 10.1. The van der Waals surface area contributed by atoms with Gasteiger partial charge in [-0.05, 0) is 51.2 Å². The maximum atomic E-state index is 12.4. The van der Waals surface area contributed by atoms with Gasteiger partial charge in [-0.25, -0.2) is 0 Å². The topological polar surface area (TPSA) is 73.9 Å². The van der Waals surface area contributed by atoms with Gasteiger partial charge in [0, 0.05) is 38.0 Å². The summed E-state index contributed by atoms with van der Waals surface area (Å²) in [4.78, 5) is 29.2. The number of carbonyl (C=O) groups is 2. The molecule has 0 unspecified atom stereocenters. The zero-order valence-corrected chi connectivity index (χ0v) is 16.0. The molecule has 0 bridgehead atoms. The van der Waals surface area contributed by atoms with Crippen molar-refractivity contribution in [2.24, 2.45) is 0 Å². The van der Waals surface area contributed by atoms with Crippen molar-refractivity contribution in [2.45, 2.75) is 13.3 Å². The van der Waals surface area contributed by atoms with Crippen LogP contribution < -0.4 is 10.6 Å². The lowest BCUT2D eigenvalue weighted by Gasteiger charge is -2.20. The normalized spacial score (nSPS) is 16.1. The monoisotopic (exact) mass is 362 g/mol. The molecule has 7 nitrogen and oxygen atoms in total. The molecule has 1 aliphatic heterocycles. The van der Waals surface area contributed by atoms with Crippen LogP contribution in [0.2, 0.25) is 0 Å². The summed E-state index contributed by atoms with van der Waals surface area (Å²) < 4.78 is 4.94. The summed E-state index contributed by atoms with van der Waals surface area (Å²) in [6.45, 7) is 7.00. The lowest BCUT2D eigenvalue weighted by molar-refractivity contribution is -0.117. The number of hydrogen-bond donors (Lipinski definition) is 2. The summed E-state index contributed by atoms with van der Waals surface area (Å²) in [7, 11) is 3.70. The zero-order valence-electron chi connectivity index (χ0n) is 16.0. The Morgan fingerprint density at radius 3 is 2.77 bits per heavy atom. The molecule has 0 spiro atoms. The van der Waals surface area contributed by atoms with Gasteiger partial charge in [0.25, 0.3) is 5.91 Å². The number of likely N-dealkylation sites (N-methyl/N-ethyl adjacent to an activating group) is 1. The van der Waals surface area contributed by atoms with Gasteiger partial charge in [-0.2, -0.15) is 0 Å². The van der Waals surface area contributed by atoms with Crippen LogP contribution in [0.25, 0.3) is 0 Å². The maximum absolute atomic E-state index is 12.4. The third-order valence-electron chi connectivity index (χ3n) is 4.62. The summed E-state index contributed by atoms with van der Waals surface area (Å²) in [5.74, 6) is -0.208. The summed E-state index contributed by atoms with van der Waals surface area (Å²) in [5, 5.41) is 5.76. The second kappa shape index (κ2) is 10.3. The minimum absolute atomic E-state index is 0.0467. The van der Waals surface area contributed by atoms with Gasteiger partial charge in [0.15, 0.2) is 0 Å². The predicted octanol–water partition coefficient (Wildman–Crippen LogP) is 0.947. The van der Waals surface area contributed by atoms with E-state index in [1.54, 1.807) is 19.2 Å². The van der Waals surface area contributed by atoms with Crippen molar-refractivity contribution in [3.05, 3.63) is 29.3 Å². The largest absolute Gasteiger partial charge is 0.383 e. The molecule has 0 atom stereocenters. The second-order valence-electron chi connectivity index (χ2n) is 6.71. The molecule has 2 N–H and O–H groups in total. The van der Waals surface area contributed by atoms with Crippen LogP contribution in [-0.2, 0) is 9.53 Å². The summed E-state index contributed by atoms with van der Waals surface area (Å²) in [5.41, 5.74) is 2.02.